The smallest absolute Gasteiger partial charge is 0.0855 e. The van der Waals surface area contributed by atoms with Crippen LogP contribution in [0.1, 0.15) is 91.9 Å². The van der Waals surface area contributed by atoms with Crippen molar-refractivity contribution in [3.63, 3.8) is 0 Å². The minimum absolute atomic E-state index is 0.664. The summed E-state index contributed by atoms with van der Waals surface area (Å²) in [5.41, 5.74) is 0. The van der Waals surface area contributed by atoms with Crippen LogP contribution in [0.2, 0.25) is 0 Å². The molecule has 0 aromatic rings. The zero-order chi connectivity index (χ0) is 17.4. The molecule has 0 spiro atoms. The van der Waals surface area contributed by atoms with E-state index in [4.69, 9.17) is 9.78 Å². The second kappa shape index (κ2) is 10.8. The van der Waals surface area contributed by atoms with Crippen LogP contribution in [0.4, 0.5) is 0 Å². The molecule has 2 rings (SSSR count). The maximum absolute atomic E-state index is 5.78. The molecule has 0 aliphatic heterocycles. The van der Waals surface area contributed by atoms with E-state index < -0.39 is 0 Å². The van der Waals surface area contributed by atoms with Gasteiger partial charge in [-0.25, -0.2) is 9.78 Å². The van der Waals surface area contributed by atoms with E-state index >= 15 is 0 Å². The van der Waals surface area contributed by atoms with Gasteiger partial charge >= 0.3 is 0 Å². The molecule has 0 bridgehead atoms. The highest BCUT2D eigenvalue weighted by atomic mass is 17.2. The molecule has 24 heavy (non-hydrogen) atoms. The zero-order valence-corrected chi connectivity index (χ0v) is 16.8. The van der Waals surface area contributed by atoms with Gasteiger partial charge in [0.1, 0.15) is 0 Å². The Morgan fingerprint density at radius 3 is 1.21 bits per heavy atom. The largest absolute Gasteiger partial charge is 0.236 e. The monoisotopic (exact) mass is 338 g/mol. The third kappa shape index (κ3) is 6.33. The van der Waals surface area contributed by atoms with Crippen LogP contribution in [-0.4, -0.2) is 13.2 Å². The molecule has 0 saturated heterocycles. The van der Waals surface area contributed by atoms with Gasteiger partial charge in [-0.2, -0.15) is 0 Å². The Labute approximate surface area is 151 Å². The van der Waals surface area contributed by atoms with Gasteiger partial charge in [0.2, 0.25) is 0 Å². The van der Waals surface area contributed by atoms with Crippen LogP contribution in [0.25, 0.3) is 0 Å². The zero-order valence-electron chi connectivity index (χ0n) is 16.8. The molecule has 2 heteroatoms. The van der Waals surface area contributed by atoms with E-state index in [2.05, 4.69) is 27.7 Å². The molecule has 2 aliphatic carbocycles. The highest BCUT2D eigenvalue weighted by Crippen LogP contribution is 2.35. The first-order chi connectivity index (χ1) is 11.6. The van der Waals surface area contributed by atoms with E-state index in [0.29, 0.717) is 23.7 Å². The predicted molar refractivity (Wildman–Crippen MR) is 102 cm³/mol. The summed E-state index contributed by atoms with van der Waals surface area (Å²) in [5.74, 6) is 4.41. The van der Waals surface area contributed by atoms with E-state index in [-0.39, 0.29) is 0 Å². The van der Waals surface area contributed by atoms with Crippen LogP contribution in [0.3, 0.4) is 0 Å². The van der Waals surface area contributed by atoms with Gasteiger partial charge in [0.25, 0.3) is 0 Å². The summed E-state index contributed by atoms with van der Waals surface area (Å²) in [4.78, 5) is 11.6. The fraction of sp³-hybridized carbons (Fsp3) is 1.00. The molecule has 0 radical (unpaired) electrons. The van der Waals surface area contributed by atoms with Crippen molar-refractivity contribution in [1.29, 1.82) is 0 Å². The molecule has 2 fully saturated rings. The van der Waals surface area contributed by atoms with Crippen molar-refractivity contribution in [2.45, 2.75) is 91.9 Å². The Bertz CT molecular complexity index is 282. The lowest BCUT2D eigenvalue weighted by Gasteiger charge is -2.34. The molecular formula is C22H42O2. The lowest BCUT2D eigenvalue weighted by molar-refractivity contribution is -0.316. The van der Waals surface area contributed by atoms with E-state index in [1.165, 1.54) is 64.2 Å². The van der Waals surface area contributed by atoms with Crippen LogP contribution in [-0.2, 0) is 9.78 Å². The standard InChI is InChI=1S/C22H42O2/c1-17(2)21(19-11-7-5-8-12-19)15-23-24-16-22(18(3)4)20-13-9-6-10-14-20/h17-22H,5-16H2,1-4H3. The summed E-state index contributed by atoms with van der Waals surface area (Å²) in [6.07, 6.45) is 14.1. The first kappa shape index (κ1) is 20.2. The molecule has 0 N–H and O–H groups in total. The van der Waals surface area contributed by atoms with Gasteiger partial charge in [-0.1, -0.05) is 91.9 Å². The van der Waals surface area contributed by atoms with Crippen molar-refractivity contribution in [3.8, 4) is 0 Å². The Hall–Kier alpha value is -0.0800. The Morgan fingerprint density at radius 1 is 0.583 bits per heavy atom. The third-order valence-corrected chi connectivity index (χ3v) is 6.83. The van der Waals surface area contributed by atoms with Crippen molar-refractivity contribution in [2.24, 2.45) is 35.5 Å². The Balaban J connectivity index is 1.73. The lowest BCUT2D eigenvalue weighted by Crippen LogP contribution is -2.29. The van der Waals surface area contributed by atoms with Gasteiger partial charge in [-0.3, -0.25) is 0 Å². The second-order valence-electron chi connectivity index (χ2n) is 9.18. The lowest BCUT2D eigenvalue weighted by atomic mass is 9.75. The molecule has 2 aliphatic rings. The van der Waals surface area contributed by atoms with Crippen LogP contribution in [0.5, 0.6) is 0 Å². The maximum atomic E-state index is 5.78. The van der Waals surface area contributed by atoms with E-state index in [1.807, 2.05) is 0 Å². The van der Waals surface area contributed by atoms with Crippen molar-refractivity contribution in [3.05, 3.63) is 0 Å². The van der Waals surface area contributed by atoms with E-state index in [1.54, 1.807) is 0 Å². The van der Waals surface area contributed by atoms with Gasteiger partial charge in [-0.05, 0) is 35.5 Å². The van der Waals surface area contributed by atoms with Gasteiger partial charge in [0.05, 0.1) is 13.2 Å². The fourth-order valence-corrected chi connectivity index (χ4v) is 5.12. The average molecular weight is 339 g/mol. The molecule has 0 aromatic heterocycles. The minimum Gasteiger partial charge on any atom is -0.236 e. The molecule has 2 unspecified atom stereocenters. The summed E-state index contributed by atoms with van der Waals surface area (Å²) in [7, 11) is 0. The van der Waals surface area contributed by atoms with Crippen molar-refractivity contribution in [2.75, 3.05) is 13.2 Å². The summed E-state index contributed by atoms with van der Waals surface area (Å²) in [6.45, 7) is 11.0. The normalized spacial score (nSPS) is 23.8. The SMILES string of the molecule is CC(C)C(COOCC(C(C)C)C1CCCCC1)C1CCCCC1. The first-order valence-electron chi connectivity index (χ1n) is 10.8. The van der Waals surface area contributed by atoms with Gasteiger partial charge in [0, 0.05) is 0 Å². The average Bonchev–Trinajstić information content (AvgIpc) is 2.59. The highest BCUT2D eigenvalue weighted by molar-refractivity contribution is 4.77. The summed E-state index contributed by atoms with van der Waals surface area (Å²) in [5, 5.41) is 0. The van der Waals surface area contributed by atoms with Crippen LogP contribution in [0, 0.1) is 35.5 Å². The maximum Gasteiger partial charge on any atom is 0.0855 e. The van der Waals surface area contributed by atoms with Crippen LogP contribution >= 0.6 is 0 Å². The Kier molecular flexibility index (Phi) is 9.11. The molecule has 2 atom stereocenters. The first-order valence-corrected chi connectivity index (χ1v) is 10.8. The minimum atomic E-state index is 0.664. The Morgan fingerprint density at radius 2 is 0.917 bits per heavy atom. The highest BCUT2D eigenvalue weighted by Gasteiger charge is 2.28. The molecule has 2 nitrogen and oxygen atoms in total. The predicted octanol–water partition coefficient (Wildman–Crippen LogP) is 6.64. The van der Waals surface area contributed by atoms with Gasteiger partial charge in [-0.15, -0.1) is 0 Å². The van der Waals surface area contributed by atoms with Crippen molar-refractivity contribution >= 4 is 0 Å². The molecule has 2 saturated carbocycles. The molecular weight excluding hydrogens is 296 g/mol. The molecule has 0 heterocycles. The topological polar surface area (TPSA) is 18.5 Å². The van der Waals surface area contributed by atoms with E-state index in [0.717, 1.165) is 25.0 Å². The van der Waals surface area contributed by atoms with Crippen molar-refractivity contribution < 1.29 is 9.78 Å². The number of rotatable bonds is 9. The summed E-state index contributed by atoms with van der Waals surface area (Å²) >= 11 is 0. The fourth-order valence-electron chi connectivity index (χ4n) is 5.12. The van der Waals surface area contributed by atoms with Gasteiger partial charge in [0.15, 0.2) is 0 Å². The second-order valence-corrected chi connectivity index (χ2v) is 9.18. The summed E-state index contributed by atoms with van der Waals surface area (Å²) < 4.78 is 0. The third-order valence-electron chi connectivity index (χ3n) is 6.83. The number of hydrogen-bond donors (Lipinski definition) is 0. The van der Waals surface area contributed by atoms with E-state index in [9.17, 15) is 0 Å². The van der Waals surface area contributed by atoms with Crippen LogP contribution < -0.4 is 0 Å². The van der Waals surface area contributed by atoms with Crippen molar-refractivity contribution in [1.82, 2.24) is 0 Å². The molecule has 142 valence electrons. The van der Waals surface area contributed by atoms with Crippen LogP contribution in [0.15, 0.2) is 0 Å². The quantitative estimate of drug-likeness (QED) is 0.266. The summed E-state index contributed by atoms with van der Waals surface area (Å²) in [6, 6.07) is 0. The molecule has 0 amide bonds. The number of hydrogen-bond acceptors (Lipinski definition) is 2. The molecule has 0 aromatic carbocycles. The van der Waals surface area contributed by atoms with Gasteiger partial charge < -0.3 is 0 Å².